The molecule has 0 radical (unpaired) electrons. The van der Waals surface area contributed by atoms with Gasteiger partial charge in [0.2, 0.25) is 0 Å². The molecule has 9 heteroatoms. The van der Waals surface area contributed by atoms with Crippen molar-refractivity contribution >= 4 is 46.7 Å². The molecule has 0 aliphatic rings. The van der Waals surface area contributed by atoms with E-state index in [0.717, 1.165) is 11.3 Å². The Balaban J connectivity index is 1.91. The van der Waals surface area contributed by atoms with Crippen molar-refractivity contribution in [3.8, 4) is 5.69 Å². The molecule has 1 heterocycles. The van der Waals surface area contributed by atoms with E-state index in [-0.39, 0.29) is 22.8 Å². The SMILES string of the molecule is CCOC(=O)Cc1cccc(-n2nc(C(C)(C)C)cc2NC(=O)Nc2cccc(Cl)c2Cl)c1. The molecule has 0 aliphatic carbocycles. The van der Waals surface area contributed by atoms with Gasteiger partial charge in [0.25, 0.3) is 0 Å². The van der Waals surface area contributed by atoms with Crippen molar-refractivity contribution in [1.29, 1.82) is 0 Å². The van der Waals surface area contributed by atoms with Crippen molar-refractivity contribution in [1.82, 2.24) is 9.78 Å². The number of urea groups is 1. The summed E-state index contributed by atoms with van der Waals surface area (Å²) in [6.45, 7) is 8.20. The fraction of sp³-hybridized carbons (Fsp3) is 0.292. The molecule has 0 atom stereocenters. The summed E-state index contributed by atoms with van der Waals surface area (Å²) >= 11 is 12.2. The predicted octanol–water partition coefficient (Wildman–Crippen LogP) is 6.23. The number of hydrogen-bond donors (Lipinski definition) is 2. The van der Waals surface area contributed by atoms with Crippen LogP contribution in [0.1, 0.15) is 39.0 Å². The molecule has 2 aromatic carbocycles. The number of benzene rings is 2. The molecule has 0 spiro atoms. The molecule has 174 valence electrons. The third-order valence-electron chi connectivity index (χ3n) is 4.73. The number of carbonyl (C=O) groups excluding carboxylic acids is 2. The first-order valence-electron chi connectivity index (χ1n) is 10.5. The van der Waals surface area contributed by atoms with Crippen LogP contribution in [-0.2, 0) is 21.4 Å². The maximum atomic E-state index is 12.7. The molecule has 2 amide bonds. The van der Waals surface area contributed by atoms with Crippen LogP contribution in [0.3, 0.4) is 0 Å². The van der Waals surface area contributed by atoms with E-state index in [1.54, 1.807) is 29.8 Å². The number of aromatic nitrogens is 2. The summed E-state index contributed by atoms with van der Waals surface area (Å²) in [6.07, 6.45) is 0.144. The Kier molecular flexibility index (Phi) is 7.66. The van der Waals surface area contributed by atoms with E-state index in [0.29, 0.717) is 28.8 Å². The van der Waals surface area contributed by atoms with Gasteiger partial charge in [-0.3, -0.25) is 10.1 Å². The zero-order chi connectivity index (χ0) is 24.2. The van der Waals surface area contributed by atoms with Crippen molar-refractivity contribution in [2.75, 3.05) is 17.2 Å². The van der Waals surface area contributed by atoms with Crippen LogP contribution in [0.2, 0.25) is 10.0 Å². The zero-order valence-corrected chi connectivity index (χ0v) is 20.4. The average Bonchev–Trinajstić information content (AvgIpc) is 3.16. The standard InChI is InChI=1S/C24H26Cl2N4O3/c1-5-33-21(31)13-15-8-6-9-16(12-15)30-20(14-19(29-30)24(2,3)4)28-23(32)27-18-11-7-10-17(25)22(18)26/h6-12,14H,5,13H2,1-4H3,(H2,27,28,32). The minimum absolute atomic E-state index is 0.144. The highest BCUT2D eigenvalue weighted by Gasteiger charge is 2.22. The number of nitrogens with zero attached hydrogens (tertiary/aromatic N) is 2. The summed E-state index contributed by atoms with van der Waals surface area (Å²) in [5.41, 5.74) is 2.40. The molecule has 0 saturated heterocycles. The number of amides is 2. The first kappa shape index (κ1) is 24.6. The normalized spacial score (nSPS) is 11.2. The van der Waals surface area contributed by atoms with Crippen molar-refractivity contribution < 1.29 is 14.3 Å². The number of nitrogens with one attached hydrogen (secondary N) is 2. The Labute approximate surface area is 203 Å². The van der Waals surface area contributed by atoms with Crippen LogP contribution in [0.15, 0.2) is 48.5 Å². The van der Waals surface area contributed by atoms with Crippen LogP contribution in [-0.4, -0.2) is 28.4 Å². The van der Waals surface area contributed by atoms with Gasteiger partial charge in [-0.1, -0.05) is 62.2 Å². The zero-order valence-electron chi connectivity index (χ0n) is 18.9. The van der Waals surface area contributed by atoms with Crippen molar-refractivity contribution in [2.45, 2.75) is 39.5 Å². The lowest BCUT2D eigenvalue weighted by atomic mass is 9.92. The number of rotatable bonds is 6. The Morgan fingerprint density at radius 1 is 1.06 bits per heavy atom. The van der Waals surface area contributed by atoms with Crippen molar-refractivity contribution in [3.63, 3.8) is 0 Å². The largest absolute Gasteiger partial charge is 0.466 e. The molecule has 0 fully saturated rings. The first-order chi connectivity index (χ1) is 15.6. The average molecular weight is 489 g/mol. The fourth-order valence-electron chi connectivity index (χ4n) is 3.08. The smallest absolute Gasteiger partial charge is 0.324 e. The van der Waals surface area contributed by atoms with Crippen molar-refractivity contribution in [2.24, 2.45) is 0 Å². The summed E-state index contributed by atoms with van der Waals surface area (Å²) in [5.74, 6) is 0.158. The number of hydrogen-bond acceptors (Lipinski definition) is 4. The van der Waals surface area contributed by atoms with Gasteiger partial charge in [0.1, 0.15) is 5.82 Å². The lowest BCUT2D eigenvalue weighted by molar-refractivity contribution is -0.142. The molecule has 0 saturated carbocycles. The van der Waals surface area contributed by atoms with Gasteiger partial charge >= 0.3 is 12.0 Å². The van der Waals surface area contributed by atoms with Crippen LogP contribution < -0.4 is 10.6 Å². The minimum atomic E-state index is -0.497. The topological polar surface area (TPSA) is 85.2 Å². The van der Waals surface area contributed by atoms with Crippen molar-refractivity contribution in [3.05, 3.63) is 69.8 Å². The Bertz CT molecular complexity index is 1170. The molecule has 33 heavy (non-hydrogen) atoms. The van der Waals surface area contributed by atoms with Gasteiger partial charge in [-0.05, 0) is 36.8 Å². The second-order valence-electron chi connectivity index (χ2n) is 8.41. The van der Waals surface area contributed by atoms with E-state index >= 15 is 0 Å². The van der Waals surface area contributed by atoms with Gasteiger partial charge in [0, 0.05) is 11.5 Å². The van der Waals surface area contributed by atoms with E-state index < -0.39 is 6.03 Å². The number of halogens is 2. The highest BCUT2D eigenvalue weighted by atomic mass is 35.5. The maximum Gasteiger partial charge on any atom is 0.324 e. The van der Waals surface area contributed by atoms with Gasteiger partial charge in [0.15, 0.2) is 0 Å². The Morgan fingerprint density at radius 3 is 2.48 bits per heavy atom. The van der Waals surface area contributed by atoms with Gasteiger partial charge < -0.3 is 10.1 Å². The first-order valence-corrected chi connectivity index (χ1v) is 11.2. The van der Waals surface area contributed by atoms with Gasteiger partial charge in [-0.15, -0.1) is 0 Å². The number of esters is 1. The summed E-state index contributed by atoms with van der Waals surface area (Å²) in [7, 11) is 0. The van der Waals surface area contributed by atoms with E-state index in [2.05, 4.69) is 10.6 Å². The molecule has 3 rings (SSSR count). The summed E-state index contributed by atoms with van der Waals surface area (Å²) in [4.78, 5) is 24.6. The quantitative estimate of drug-likeness (QED) is 0.402. The summed E-state index contributed by atoms with van der Waals surface area (Å²) in [6, 6.07) is 13.7. The lowest BCUT2D eigenvalue weighted by Crippen LogP contribution is -2.21. The Morgan fingerprint density at radius 2 is 1.79 bits per heavy atom. The molecule has 2 N–H and O–H groups in total. The summed E-state index contributed by atoms with van der Waals surface area (Å²) < 4.78 is 6.68. The Hall–Kier alpha value is -3.03. The number of anilines is 2. The number of carbonyl (C=O) groups is 2. The van der Waals surface area contributed by atoms with E-state index in [1.807, 2.05) is 51.1 Å². The fourth-order valence-corrected chi connectivity index (χ4v) is 3.43. The van der Waals surface area contributed by atoms with Crippen LogP contribution >= 0.6 is 23.2 Å². The predicted molar refractivity (Wildman–Crippen MR) is 132 cm³/mol. The molecular formula is C24H26Cl2N4O3. The molecule has 0 bridgehead atoms. The molecule has 0 unspecified atom stereocenters. The lowest BCUT2D eigenvalue weighted by Gasteiger charge is -2.14. The monoisotopic (exact) mass is 488 g/mol. The highest BCUT2D eigenvalue weighted by Crippen LogP contribution is 2.30. The molecule has 0 aliphatic heterocycles. The van der Waals surface area contributed by atoms with E-state index in [1.165, 1.54) is 0 Å². The van der Waals surface area contributed by atoms with Gasteiger partial charge in [-0.2, -0.15) is 5.10 Å². The molecule has 3 aromatic rings. The van der Waals surface area contributed by atoms with Crippen LogP contribution in [0.25, 0.3) is 5.69 Å². The van der Waals surface area contributed by atoms with Crippen LogP contribution in [0.5, 0.6) is 0 Å². The van der Waals surface area contributed by atoms with Crippen LogP contribution in [0, 0.1) is 0 Å². The number of ether oxygens (including phenoxy) is 1. The summed E-state index contributed by atoms with van der Waals surface area (Å²) in [5, 5.41) is 10.8. The van der Waals surface area contributed by atoms with Gasteiger partial charge in [-0.25, -0.2) is 9.48 Å². The van der Waals surface area contributed by atoms with E-state index in [9.17, 15) is 9.59 Å². The van der Waals surface area contributed by atoms with Crippen LogP contribution in [0.4, 0.5) is 16.3 Å². The third-order valence-corrected chi connectivity index (χ3v) is 5.55. The highest BCUT2D eigenvalue weighted by molar-refractivity contribution is 6.44. The molecule has 1 aromatic heterocycles. The molecular weight excluding hydrogens is 463 g/mol. The third kappa shape index (κ3) is 6.27. The second kappa shape index (κ2) is 10.3. The minimum Gasteiger partial charge on any atom is -0.466 e. The molecule has 7 nitrogen and oxygen atoms in total. The van der Waals surface area contributed by atoms with E-state index in [4.69, 9.17) is 33.0 Å². The second-order valence-corrected chi connectivity index (χ2v) is 9.19. The maximum absolute atomic E-state index is 12.7. The van der Waals surface area contributed by atoms with Gasteiger partial charge in [0.05, 0.1) is 40.1 Å².